The van der Waals surface area contributed by atoms with E-state index in [1.54, 1.807) is 41.5 Å². The molecule has 0 saturated heterocycles. The van der Waals surface area contributed by atoms with E-state index in [9.17, 15) is 19.8 Å². The molecule has 0 aliphatic rings. The molecule has 0 aromatic heterocycles. The molecule has 0 aliphatic carbocycles. The maximum absolute atomic E-state index is 10.8. The third-order valence-corrected chi connectivity index (χ3v) is 1.46. The molecule has 8 heteroatoms. The fourth-order valence-electron chi connectivity index (χ4n) is 0.994. The molecule has 0 bridgehead atoms. The van der Waals surface area contributed by atoms with Crippen molar-refractivity contribution >= 4 is 11.9 Å². The van der Waals surface area contributed by atoms with Crippen LogP contribution in [0.3, 0.4) is 0 Å². The number of esters is 2. The summed E-state index contributed by atoms with van der Waals surface area (Å²) in [5.41, 5.74) is -1.05. The van der Waals surface area contributed by atoms with Crippen LogP contribution in [0.25, 0.3) is 0 Å². The summed E-state index contributed by atoms with van der Waals surface area (Å²) in [6, 6.07) is 0. The molecule has 1 radical (unpaired) electrons. The number of ether oxygens (including phenoxy) is 2. The Balaban J connectivity index is -0.000000154. The van der Waals surface area contributed by atoms with Crippen molar-refractivity contribution < 1.29 is 51.8 Å². The van der Waals surface area contributed by atoms with Gasteiger partial charge >= 0.3 is 29.0 Å². The van der Waals surface area contributed by atoms with Gasteiger partial charge in [0.1, 0.15) is 11.2 Å². The van der Waals surface area contributed by atoms with Gasteiger partial charge in [0, 0.05) is 12.2 Å². The number of rotatable bonds is 2. The van der Waals surface area contributed by atoms with Crippen molar-refractivity contribution in [2.75, 3.05) is 0 Å². The minimum Gasteiger partial charge on any atom is -0.875 e. The second-order valence-electron chi connectivity index (χ2n) is 6.58. The van der Waals surface area contributed by atoms with Crippen molar-refractivity contribution in [1.29, 1.82) is 0 Å². The van der Waals surface area contributed by atoms with Crippen LogP contribution in [0.2, 0.25) is 0 Å². The summed E-state index contributed by atoms with van der Waals surface area (Å²) in [6.45, 7) is 13.1. The summed E-state index contributed by atoms with van der Waals surface area (Å²) in [6.07, 6.45) is 1.87. The van der Waals surface area contributed by atoms with Gasteiger partial charge in [-0.2, -0.15) is 0 Å². The monoisotopic (exact) mass is 396 g/mol. The molecule has 0 aromatic rings. The molecule has 0 rings (SSSR count). The first-order chi connectivity index (χ1) is 9.62. The van der Waals surface area contributed by atoms with Gasteiger partial charge in [-0.1, -0.05) is 13.8 Å². The molecule has 0 heterocycles. The van der Waals surface area contributed by atoms with Crippen LogP contribution < -0.4 is 10.2 Å². The van der Waals surface area contributed by atoms with E-state index in [2.05, 4.69) is 0 Å². The topological polar surface area (TPSA) is 132 Å². The van der Waals surface area contributed by atoms with Crippen molar-refractivity contribution in [3.05, 3.63) is 23.7 Å². The second kappa shape index (κ2) is 12.9. The first kappa shape index (κ1) is 30.4. The first-order valence-corrected chi connectivity index (χ1v) is 6.79. The molecule has 145 valence electrons. The smallest absolute Gasteiger partial charge is 0.875 e. The maximum Gasteiger partial charge on any atom is 2.00 e. The third-order valence-electron chi connectivity index (χ3n) is 1.46. The Bertz CT molecular complexity index is 390. The van der Waals surface area contributed by atoms with Crippen LogP contribution in [0, 0.1) is 0 Å². The summed E-state index contributed by atoms with van der Waals surface area (Å²) in [4.78, 5) is 21.5. The predicted molar refractivity (Wildman–Crippen MR) is 84.1 cm³/mol. The van der Waals surface area contributed by atoms with Gasteiger partial charge in [-0.25, -0.2) is 9.59 Å². The van der Waals surface area contributed by atoms with E-state index in [4.69, 9.17) is 9.47 Å². The molecule has 3 N–H and O–H groups in total. The van der Waals surface area contributed by atoms with E-state index in [-0.39, 0.29) is 34.1 Å². The second-order valence-corrected chi connectivity index (χ2v) is 6.58. The molecular weight excluding hydrogens is 368 g/mol. The Kier molecular flexibility index (Phi) is 16.3. The number of carbonyl (C=O) groups excluding carboxylic acids is 2. The fourth-order valence-corrected chi connectivity index (χ4v) is 0.994. The standard InChI is InChI=1S/2C8H14O3.Cu.H2O/c2*1-6(9)5-7(10)11-8(2,3)4;;/h2*5,9H,1-4H3;;1H2/q;;+2;/p-1/b2*6-5-;;. The van der Waals surface area contributed by atoms with Crippen molar-refractivity contribution in [2.24, 2.45) is 0 Å². The van der Waals surface area contributed by atoms with E-state index < -0.39 is 23.1 Å². The Morgan fingerprint density at radius 1 is 0.750 bits per heavy atom. The van der Waals surface area contributed by atoms with Gasteiger partial charge in [0.05, 0.1) is 0 Å². The molecule has 0 spiro atoms. The molecule has 7 nitrogen and oxygen atoms in total. The van der Waals surface area contributed by atoms with Crippen LogP contribution >= 0.6 is 0 Å². The molecule has 0 saturated carbocycles. The van der Waals surface area contributed by atoms with Crippen molar-refractivity contribution in [3.63, 3.8) is 0 Å². The summed E-state index contributed by atoms with van der Waals surface area (Å²) < 4.78 is 9.67. The number of carbonyl (C=O) groups is 2. The molecule has 0 atom stereocenters. The largest absolute Gasteiger partial charge is 2.00 e. The molecule has 24 heavy (non-hydrogen) atoms. The predicted octanol–water partition coefficient (Wildman–Crippen LogP) is 0.260. The Hall–Kier alpha value is -1.50. The number of allylic oxidation sites excluding steroid dienone is 2. The summed E-state index contributed by atoms with van der Waals surface area (Å²) in [7, 11) is 0. The minimum absolute atomic E-state index is 0. The van der Waals surface area contributed by atoms with Crippen LogP contribution in [0.15, 0.2) is 23.7 Å². The summed E-state index contributed by atoms with van der Waals surface area (Å²) in [5.74, 6) is -1.74. The minimum atomic E-state index is -0.579. The Morgan fingerprint density at radius 3 is 1.08 bits per heavy atom. The molecular formula is C16H29CuO7+. The summed E-state index contributed by atoms with van der Waals surface area (Å²) in [5, 5.41) is 20.8. The van der Waals surface area contributed by atoms with Gasteiger partial charge in [-0.3, -0.25) is 0 Å². The number of hydrogen-bond donors (Lipinski definition) is 0. The van der Waals surface area contributed by atoms with Crippen LogP contribution in [0.4, 0.5) is 0 Å². The van der Waals surface area contributed by atoms with Crippen molar-refractivity contribution in [2.45, 2.75) is 66.6 Å². The Morgan fingerprint density at radius 2 is 0.958 bits per heavy atom. The number of hydrogen-bond acceptors (Lipinski definition) is 6. The molecule has 0 amide bonds. The van der Waals surface area contributed by atoms with Gasteiger partial charge in [0.15, 0.2) is 0 Å². The average molecular weight is 397 g/mol. The molecule has 0 aliphatic heterocycles. The van der Waals surface area contributed by atoms with E-state index in [0.717, 1.165) is 12.2 Å². The van der Waals surface area contributed by atoms with E-state index in [0.29, 0.717) is 0 Å². The zero-order valence-electron chi connectivity index (χ0n) is 15.5. The van der Waals surface area contributed by atoms with Crippen LogP contribution in [-0.4, -0.2) is 23.1 Å². The summed E-state index contributed by atoms with van der Waals surface area (Å²) >= 11 is 0. The Labute approximate surface area is 154 Å². The van der Waals surface area contributed by atoms with Gasteiger partial charge in [0.2, 0.25) is 0 Å². The van der Waals surface area contributed by atoms with Crippen LogP contribution in [-0.2, 0) is 41.6 Å². The van der Waals surface area contributed by atoms with Gasteiger partial charge < -0.3 is 25.2 Å². The van der Waals surface area contributed by atoms with Gasteiger partial charge in [0.25, 0.3) is 0 Å². The maximum atomic E-state index is 10.8. The average Bonchev–Trinajstić information content (AvgIpc) is 2.07. The fraction of sp³-hybridized carbons (Fsp3) is 0.625. The zero-order chi connectivity index (χ0) is 18.1. The van der Waals surface area contributed by atoms with E-state index in [1.807, 2.05) is 0 Å². The van der Waals surface area contributed by atoms with Crippen molar-refractivity contribution in [1.82, 2.24) is 0 Å². The van der Waals surface area contributed by atoms with Gasteiger partial charge in [-0.15, -0.1) is 11.5 Å². The van der Waals surface area contributed by atoms with E-state index in [1.165, 1.54) is 13.8 Å². The quantitative estimate of drug-likeness (QED) is 0.216. The van der Waals surface area contributed by atoms with Crippen LogP contribution in [0.1, 0.15) is 55.4 Å². The van der Waals surface area contributed by atoms with Crippen molar-refractivity contribution in [3.8, 4) is 0 Å². The first-order valence-electron chi connectivity index (χ1n) is 6.79. The zero-order valence-corrected chi connectivity index (χ0v) is 16.4. The SMILES string of the molecule is C/C([O-])=C/C(=O)OC(C)(C)C.C/C([O-])=C/C(=O)OC(C)(C)C.[Cu+2].[OH3+]. The van der Waals surface area contributed by atoms with Crippen LogP contribution in [0.5, 0.6) is 0 Å². The molecule has 0 unspecified atom stereocenters. The normalized spacial score (nSPS) is 11.8. The molecule has 0 fully saturated rings. The third kappa shape index (κ3) is 28.6. The molecule has 0 aromatic carbocycles. The van der Waals surface area contributed by atoms with Gasteiger partial charge in [-0.05, 0) is 41.5 Å². The van der Waals surface area contributed by atoms with E-state index >= 15 is 0 Å².